The summed E-state index contributed by atoms with van der Waals surface area (Å²) in [5.74, 6) is 0. The van der Waals surface area contributed by atoms with Gasteiger partial charge in [0.1, 0.15) is 24.8 Å². The van der Waals surface area contributed by atoms with Gasteiger partial charge in [0.25, 0.3) is 0 Å². The second-order valence-electron chi connectivity index (χ2n) is 27.6. The number of hydrogen-bond acceptors (Lipinski definition) is 0. The van der Waals surface area contributed by atoms with Gasteiger partial charge in [-0.3, -0.25) is 0 Å². The molecule has 0 bridgehead atoms. The lowest BCUT2D eigenvalue weighted by Gasteiger charge is -2.34. The van der Waals surface area contributed by atoms with Gasteiger partial charge < -0.3 is 0 Å². The molecular formula is C83H108N4+2. The zero-order valence-corrected chi connectivity index (χ0v) is 54.9. The monoisotopic (exact) mass is 1160 g/mol. The Bertz CT molecular complexity index is 3250. The molecule has 0 saturated carbocycles. The summed E-state index contributed by atoms with van der Waals surface area (Å²) in [4.78, 5) is 0. The van der Waals surface area contributed by atoms with E-state index in [0.29, 0.717) is 0 Å². The van der Waals surface area contributed by atoms with Crippen molar-refractivity contribution >= 4 is 0 Å². The lowest BCUT2D eigenvalue weighted by atomic mass is 9.69. The molecule has 3 aliphatic carbocycles. The molecule has 6 aromatic carbocycles. The molecule has 4 nitrogen and oxygen atoms in total. The molecule has 0 saturated heterocycles. The summed E-state index contributed by atoms with van der Waals surface area (Å²) in [6.07, 6.45) is 51.3. The third-order valence-electron chi connectivity index (χ3n) is 21.6. The minimum absolute atomic E-state index is 0.0543. The lowest BCUT2D eigenvalue weighted by Crippen LogP contribution is -2.26. The highest BCUT2D eigenvalue weighted by atomic mass is 15.1. The highest BCUT2D eigenvalue weighted by Gasteiger charge is 2.46. The van der Waals surface area contributed by atoms with Gasteiger partial charge in [-0.05, 0) is 177 Å². The molecule has 0 spiro atoms. The van der Waals surface area contributed by atoms with Crippen LogP contribution in [0.15, 0.2) is 159 Å². The van der Waals surface area contributed by atoms with E-state index in [0.717, 1.165) is 13.1 Å². The van der Waals surface area contributed by atoms with Crippen molar-refractivity contribution in [3.63, 3.8) is 0 Å². The van der Waals surface area contributed by atoms with Crippen LogP contribution >= 0.6 is 0 Å². The number of fused-ring (bicyclic) bond motifs is 9. The Morgan fingerprint density at radius 1 is 0.287 bits per heavy atom. The van der Waals surface area contributed by atoms with Crippen molar-refractivity contribution in [1.29, 1.82) is 0 Å². The molecular weight excluding hydrogens is 1050 g/mol. The van der Waals surface area contributed by atoms with Crippen molar-refractivity contribution in [2.24, 2.45) is 14.1 Å². The fraction of sp³-hybridized carbons (Fsp3) is 0.494. The molecule has 2 aromatic heterocycles. The van der Waals surface area contributed by atoms with Crippen LogP contribution in [0.25, 0.3) is 55.6 Å². The molecule has 0 radical (unpaired) electrons. The van der Waals surface area contributed by atoms with Gasteiger partial charge in [-0.1, -0.05) is 253 Å². The molecule has 2 heterocycles. The first-order chi connectivity index (χ1) is 42.8. The number of aryl methyl sites for hydroxylation is 4. The molecule has 4 heteroatoms. The molecule has 0 N–H and O–H groups in total. The number of unbranched alkanes of at least 4 members (excludes halogenated alkanes) is 18. The van der Waals surface area contributed by atoms with Gasteiger partial charge in [0.2, 0.25) is 12.7 Å². The van der Waals surface area contributed by atoms with Crippen LogP contribution in [0, 0.1) is 0 Å². The fourth-order valence-corrected chi connectivity index (χ4v) is 16.9. The van der Waals surface area contributed by atoms with Crippen molar-refractivity contribution in [2.75, 3.05) is 0 Å². The van der Waals surface area contributed by atoms with E-state index >= 15 is 0 Å². The van der Waals surface area contributed by atoms with Crippen LogP contribution in [0.1, 0.15) is 254 Å². The summed E-state index contributed by atoms with van der Waals surface area (Å²) in [7, 11) is 4.27. The molecule has 87 heavy (non-hydrogen) atoms. The largest absolute Gasteiger partial charge is 0.243 e. The van der Waals surface area contributed by atoms with E-state index in [2.05, 4.69) is 219 Å². The highest BCUT2D eigenvalue weighted by Crippen LogP contribution is 2.59. The molecule has 3 aliphatic rings. The predicted molar refractivity (Wildman–Crippen MR) is 368 cm³/mol. The van der Waals surface area contributed by atoms with Gasteiger partial charge in [0.05, 0.1) is 27.2 Å². The summed E-state index contributed by atoms with van der Waals surface area (Å²) < 4.78 is 9.08. The SMILES string of the molecule is CCCCCCC1(CCCCCC)c2ccccc2-c2ccc(-c3ccc4c(c3)C(CCCCCCn3cc[n+](C)c3)(CCCCCCn3cc[n+](C)c3)c3cc(-c5ccc6c(c5)C(CCCCCC)(CCCCCC)c5ccccc5-6)ccc3-4)cc21. The maximum Gasteiger partial charge on any atom is 0.243 e. The molecule has 8 aromatic rings. The van der Waals surface area contributed by atoms with Crippen molar-refractivity contribution in [1.82, 2.24) is 9.13 Å². The number of hydrogen-bond donors (Lipinski definition) is 0. The Morgan fingerprint density at radius 2 is 0.552 bits per heavy atom. The van der Waals surface area contributed by atoms with Gasteiger partial charge in [-0.2, -0.15) is 0 Å². The van der Waals surface area contributed by atoms with Gasteiger partial charge in [-0.15, -0.1) is 0 Å². The highest BCUT2D eigenvalue weighted by molar-refractivity contribution is 5.89. The van der Waals surface area contributed by atoms with Crippen molar-refractivity contribution in [2.45, 2.75) is 250 Å². The number of imidazole rings is 2. The van der Waals surface area contributed by atoms with Crippen LogP contribution < -0.4 is 9.13 Å². The van der Waals surface area contributed by atoms with E-state index in [-0.39, 0.29) is 16.2 Å². The van der Waals surface area contributed by atoms with E-state index in [9.17, 15) is 0 Å². The molecule has 0 fully saturated rings. The first-order valence-corrected chi connectivity index (χ1v) is 35.6. The summed E-state index contributed by atoms with van der Waals surface area (Å²) in [6.45, 7) is 11.6. The number of aromatic nitrogens is 4. The van der Waals surface area contributed by atoms with E-state index in [1.165, 1.54) is 248 Å². The predicted octanol–water partition coefficient (Wildman–Crippen LogP) is 22.3. The van der Waals surface area contributed by atoms with Crippen LogP contribution in [-0.4, -0.2) is 9.13 Å². The number of nitrogens with zero attached hydrogens (tertiary/aromatic N) is 4. The van der Waals surface area contributed by atoms with E-state index in [4.69, 9.17) is 0 Å². The van der Waals surface area contributed by atoms with Crippen LogP contribution in [0.4, 0.5) is 0 Å². The molecule has 0 aliphatic heterocycles. The van der Waals surface area contributed by atoms with Gasteiger partial charge >= 0.3 is 0 Å². The Morgan fingerprint density at radius 3 is 0.839 bits per heavy atom. The topological polar surface area (TPSA) is 17.6 Å². The second-order valence-corrected chi connectivity index (χ2v) is 27.6. The Kier molecular flexibility index (Phi) is 21.0. The third-order valence-corrected chi connectivity index (χ3v) is 21.6. The van der Waals surface area contributed by atoms with Gasteiger partial charge in [-0.25, -0.2) is 18.3 Å². The van der Waals surface area contributed by atoms with E-state index < -0.39 is 0 Å². The lowest BCUT2D eigenvalue weighted by molar-refractivity contribution is -0.671. The first kappa shape index (κ1) is 62.4. The van der Waals surface area contributed by atoms with Gasteiger partial charge in [0, 0.05) is 16.2 Å². The fourth-order valence-electron chi connectivity index (χ4n) is 16.9. The minimum Gasteiger partial charge on any atom is -0.240 e. The zero-order chi connectivity index (χ0) is 60.1. The van der Waals surface area contributed by atoms with E-state index in [1.807, 2.05) is 0 Å². The summed E-state index contributed by atoms with van der Waals surface area (Å²) in [5, 5.41) is 0. The minimum atomic E-state index is -0.0936. The number of benzene rings is 6. The summed E-state index contributed by atoms with van der Waals surface area (Å²) in [6, 6.07) is 50.2. The molecule has 0 unspecified atom stereocenters. The quantitative estimate of drug-likeness (QED) is 0.0275. The summed E-state index contributed by atoms with van der Waals surface area (Å²) >= 11 is 0. The first-order valence-electron chi connectivity index (χ1n) is 35.6. The van der Waals surface area contributed by atoms with Gasteiger partial charge in [0.15, 0.2) is 0 Å². The molecule has 458 valence electrons. The maximum absolute atomic E-state index is 2.74. The second kappa shape index (κ2) is 29.4. The smallest absolute Gasteiger partial charge is 0.240 e. The average Bonchev–Trinajstić information content (AvgIpc) is 2.03. The molecule has 11 rings (SSSR count). The van der Waals surface area contributed by atoms with Crippen LogP contribution in [0.3, 0.4) is 0 Å². The summed E-state index contributed by atoms with van der Waals surface area (Å²) in [5.41, 5.74) is 24.0. The maximum atomic E-state index is 2.74. The van der Waals surface area contributed by atoms with Crippen molar-refractivity contribution < 1.29 is 9.13 Å². The van der Waals surface area contributed by atoms with Crippen LogP contribution in [-0.2, 0) is 43.4 Å². The standard InChI is InChI=1S/C83H108N4/c1-7-11-15-27-47-81(48-28-16-12-8-2)75-37-25-23-35-69(75)71-43-39-65(59-77(71)81)67-41-45-73-74-46-42-68(66-40-44-72-70-36-24-26-38-76(70)82(78(72)60-66,49-29-17-13-9-3)50-30-18-14-10-4)62-80(74)83(79(73)61-67,51-31-19-21-33-53-86-57-55-84(5)63-86)52-32-20-22-34-54-87-58-56-85(6)64-87/h23-26,35-46,55-64H,7-22,27-34,47-54H2,1-6H3/q+2. The molecule has 0 amide bonds. The van der Waals surface area contributed by atoms with E-state index in [1.54, 1.807) is 33.4 Å². The number of rotatable bonds is 36. The normalized spacial score (nSPS) is 14.5. The van der Waals surface area contributed by atoms with Crippen molar-refractivity contribution in [3.05, 3.63) is 192 Å². The molecule has 0 atom stereocenters. The Labute approximate surface area is 526 Å². The average molecular weight is 1160 g/mol. The Hall–Kier alpha value is -6.26. The van der Waals surface area contributed by atoms with Crippen LogP contribution in [0.2, 0.25) is 0 Å². The Balaban J connectivity index is 1.00. The van der Waals surface area contributed by atoms with Crippen molar-refractivity contribution in [3.8, 4) is 55.6 Å². The zero-order valence-electron chi connectivity index (χ0n) is 54.9. The third kappa shape index (κ3) is 13.4. The van der Waals surface area contributed by atoms with Crippen LogP contribution in [0.5, 0.6) is 0 Å².